The smallest absolute Gasteiger partial charge is 0.0891 e. The highest BCUT2D eigenvalue weighted by atomic mass is 15.3. The molecule has 28 heavy (non-hydrogen) atoms. The average Bonchev–Trinajstić information content (AvgIpc) is 3.20. The lowest BCUT2D eigenvalue weighted by Crippen LogP contribution is -2.54. The van der Waals surface area contributed by atoms with Crippen molar-refractivity contribution in [3.8, 4) is 0 Å². The van der Waals surface area contributed by atoms with Crippen LogP contribution in [-0.4, -0.2) is 47.5 Å². The Morgan fingerprint density at radius 1 is 1.04 bits per heavy atom. The maximum atomic E-state index is 6.42. The first kappa shape index (κ1) is 19.9. The van der Waals surface area contributed by atoms with Crippen LogP contribution in [-0.2, 0) is 5.54 Å². The number of hydrogen-bond acceptors (Lipinski definition) is 4. The second kappa shape index (κ2) is 7.79. The van der Waals surface area contributed by atoms with Crippen molar-refractivity contribution in [1.29, 1.82) is 0 Å². The zero-order valence-corrected chi connectivity index (χ0v) is 18.1. The minimum atomic E-state index is 0.122. The summed E-state index contributed by atoms with van der Waals surface area (Å²) in [6.45, 7) is 12.8. The monoisotopic (exact) mass is 382 g/mol. The van der Waals surface area contributed by atoms with Crippen LogP contribution in [0, 0.1) is 5.41 Å². The summed E-state index contributed by atoms with van der Waals surface area (Å²) in [4.78, 5) is 10.6. The molecule has 154 valence electrons. The zero-order valence-electron chi connectivity index (χ0n) is 18.1. The number of allylic oxidation sites excluding steroid dienone is 2. The molecule has 2 fully saturated rings. The molecule has 0 amide bonds. The van der Waals surface area contributed by atoms with E-state index in [1.807, 2.05) is 0 Å². The van der Waals surface area contributed by atoms with Crippen molar-refractivity contribution >= 4 is 11.3 Å². The highest BCUT2D eigenvalue weighted by Gasteiger charge is 2.43. The lowest BCUT2D eigenvalue weighted by molar-refractivity contribution is 0.0313. The van der Waals surface area contributed by atoms with Gasteiger partial charge in [-0.15, -0.1) is 0 Å². The Kier molecular flexibility index (Phi) is 5.54. The van der Waals surface area contributed by atoms with Crippen molar-refractivity contribution < 1.29 is 0 Å². The third-order valence-corrected chi connectivity index (χ3v) is 7.54. The van der Waals surface area contributed by atoms with E-state index < -0.39 is 0 Å². The van der Waals surface area contributed by atoms with Crippen LogP contribution < -0.4 is 5.73 Å². The fourth-order valence-electron chi connectivity index (χ4n) is 5.46. The van der Waals surface area contributed by atoms with Crippen molar-refractivity contribution in [2.45, 2.75) is 71.3 Å². The van der Waals surface area contributed by atoms with Crippen LogP contribution in [0.5, 0.6) is 0 Å². The van der Waals surface area contributed by atoms with Gasteiger partial charge in [-0.3, -0.25) is 4.90 Å². The van der Waals surface area contributed by atoms with Gasteiger partial charge in [-0.1, -0.05) is 39.7 Å². The van der Waals surface area contributed by atoms with E-state index in [-0.39, 0.29) is 5.54 Å². The molecule has 0 bridgehead atoms. The van der Waals surface area contributed by atoms with Gasteiger partial charge in [0.2, 0.25) is 0 Å². The molecule has 4 heteroatoms. The lowest BCUT2D eigenvalue weighted by Gasteiger charge is -2.46. The third kappa shape index (κ3) is 3.73. The molecule has 2 aliphatic carbocycles. The van der Waals surface area contributed by atoms with E-state index >= 15 is 0 Å². The molecule has 4 rings (SSSR count). The van der Waals surface area contributed by atoms with Gasteiger partial charge in [0.1, 0.15) is 0 Å². The van der Waals surface area contributed by atoms with E-state index in [2.05, 4.69) is 48.8 Å². The van der Waals surface area contributed by atoms with Crippen LogP contribution in [0.3, 0.4) is 0 Å². The molecule has 2 N–H and O–H groups in total. The summed E-state index contributed by atoms with van der Waals surface area (Å²) in [5.41, 5.74) is 11.5. The average molecular weight is 383 g/mol. The Bertz CT molecular complexity index is 722. The Hall–Kier alpha value is -1.39. The first-order valence-corrected chi connectivity index (χ1v) is 11.4. The van der Waals surface area contributed by atoms with Crippen molar-refractivity contribution in [2.75, 3.05) is 38.5 Å². The number of nitrogens with two attached hydrogens (primary N) is 1. The van der Waals surface area contributed by atoms with Crippen molar-refractivity contribution in [3.63, 3.8) is 0 Å². The zero-order chi connectivity index (χ0) is 19.8. The number of nitrogen functional groups attached to an aromatic ring is 1. The van der Waals surface area contributed by atoms with Crippen LogP contribution in [0.25, 0.3) is 5.57 Å². The van der Waals surface area contributed by atoms with E-state index in [9.17, 15) is 0 Å². The van der Waals surface area contributed by atoms with Gasteiger partial charge in [-0.05, 0) is 61.8 Å². The molecular weight excluding hydrogens is 344 g/mol. The minimum Gasteiger partial charge on any atom is -0.397 e. The molecule has 1 aromatic heterocycles. The number of aromatic nitrogens is 1. The lowest BCUT2D eigenvalue weighted by atomic mass is 9.77. The summed E-state index contributed by atoms with van der Waals surface area (Å²) in [6.07, 6.45) is 10.9. The van der Waals surface area contributed by atoms with Crippen LogP contribution in [0.4, 0.5) is 5.69 Å². The largest absolute Gasteiger partial charge is 0.397 e. The number of pyridine rings is 1. The van der Waals surface area contributed by atoms with E-state index in [1.165, 1.54) is 56.5 Å². The second-order valence-electron chi connectivity index (χ2n) is 9.89. The number of likely N-dealkylation sites (N-methyl/N-ethyl adjacent to an activating group) is 1. The number of piperazine rings is 1. The second-order valence-corrected chi connectivity index (χ2v) is 9.89. The van der Waals surface area contributed by atoms with Crippen LogP contribution in [0.1, 0.15) is 77.1 Å². The molecular formula is C24H38N4. The summed E-state index contributed by atoms with van der Waals surface area (Å²) in [6, 6.07) is 4.35. The molecule has 1 aliphatic heterocycles. The highest BCUT2D eigenvalue weighted by molar-refractivity contribution is 5.73. The number of hydrogen-bond donors (Lipinski definition) is 1. The first-order chi connectivity index (χ1) is 13.4. The molecule has 0 aromatic carbocycles. The number of anilines is 1. The normalized spacial score (nSPS) is 25.6. The van der Waals surface area contributed by atoms with Gasteiger partial charge in [-0.25, -0.2) is 4.98 Å². The third-order valence-electron chi connectivity index (χ3n) is 7.54. The first-order valence-electron chi connectivity index (χ1n) is 11.4. The van der Waals surface area contributed by atoms with Gasteiger partial charge in [0.25, 0.3) is 0 Å². The predicted molar refractivity (Wildman–Crippen MR) is 118 cm³/mol. The molecule has 0 unspecified atom stereocenters. The number of nitrogens with zero attached hydrogens (tertiary/aromatic N) is 3. The molecule has 0 spiro atoms. The maximum Gasteiger partial charge on any atom is 0.0891 e. The van der Waals surface area contributed by atoms with Gasteiger partial charge >= 0.3 is 0 Å². The molecule has 0 atom stereocenters. The van der Waals surface area contributed by atoms with E-state index in [0.29, 0.717) is 5.41 Å². The standard InChI is InChI=1S/C24H38N4/c1-4-27-15-17-28(18-16-27)24(11-5-6-12-24)21-8-7-20(25)22(26-21)19-9-13-23(2,3)14-10-19/h7-9H,4-6,10-18,25H2,1-3H3. The van der Waals surface area contributed by atoms with Crippen molar-refractivity contribution in [2.24, 2.45) is 5.41 Å². The van der Waals surface area contributed by atoms with Gasteiger partial charge in [0, 0.05) is 26.2 Å². The van der Waals surface area contributed by atoms with E-state index in [0.717, 1.165) is 43.9 Å². The Labute approximate surface area is 171 Å². The topological polar surface area (TPSA) is 45.4 Å². The summed E-state index contributed by atoms with van der Waals surface area (Å²) in [5.74, 6) is 0. The van der Waals surface area contributed by atoms with Gasteiger partial charge in [-0.2, -0.15) is 0 Å². The number of rotatable bonds is 4. The molecule has 3 aliphatic rings. The van der Waals surface area contributed by atoms with E-state index in [1.54, 1.807) is 0 Å². The van der Waals surface area contributed by atoms with Crippen molar-refractivity contribution in [1.82, 2.24) is 14.8 Å². The van der Waals surface area contributed by atoms with E-state index in [4.69, 9.17) is 10.7 Å². The summed E-state index contributed by atoms with van der Waals surface area (Å²) < 4.78 is 0. The minimum absolute atomic E-state index is 0.122. The SMILES string of the molecule is CCN1CCN(C2(c3ccc(N)c(C4=CCC(C)(C)CC4)n3)CCCC2)CC1. The fourth-order valence-corrected chi connectivity index (χ4v) is 5.46. The van der Waals surface area contributed by atoms with Gasteiger partial charge in [0.05, 0.1) is 22.6 Å². The van der Waals surface area contributed by atoms with Gasteiger partial charge in [0.15, 0.2) is 0 Å². The summed E-state index contributed by atoms with van der Waals surface area (Å²) in [5, 5.41) is 0. The predicted octanol–water partition coefficient (Wildman–Crippen LogP) is 4.66. The molecule has 1 aromatic rings. The maximum absolute atomic E-state index is 6.42. The van der Waals surface area contributed by atoms with Crippen LogP contribution in [0.15, 0.2) is 18.2 Å². The molecule has 1 saturated carbocycles. The molecule has 4 nitrogen and oxygen atoms in total. The Morgan fingerprint density at radius 3 is 2.36 bits per heavy atom. The highest BCUT2D eigenvalue weighted by Crippen LogP contribution is 2.45. The summed E-state index contributed by atoms with van der Waals surface area (Å²) >= 11 is 0. The molecule has 1 saturated heterocycles. The quantitative estimate of drug-likeness (QED) is 0.822. The van der Waals surface area contributed by atoms with Gasteiger partial charge < -0.3 is 10.6 Å². The van der Waals surface area contributed by atoms with Crippen molar-refractivity contribution in [3.05, 3.63) is 29.6 Å². The molecule has 2 heterocycles. The Balaban J connectivity index is 1.64. The molecule has 0 radical (unpaired) electrons. The fraction of sp³-hybridized carbons (Fsp3) is 0.708. The Morgan fingerprint density at radius 2 is 1.75 bits per heavy atom. The van der Waals surface area contributed by atoms with Crippen LogP contribution >= 0.6 is 0 Å². The summed E-state index contributed by atoms with van der Waals surface area (Å²) in [7, 11) is 0. The van der Waals surface area contributed by atoms with Crippen LogP contribution in [0.2, 0.25) is 0 Å².